The second kappa shape index (κ2) is 8.41. The maximum absolute atomic E-state index is 10.9. The lowest BCUT2D eigenvalue weighted by Crippen LogP contribution is -2.22. The van der Waals surface area contributed by atoms with Gasteiger partial charge in [-0.2, -0.15) is 0 Å². The predicted octanol–water partition coefficient (Wildman–Crippen LogP) is 4.26. The van der Waals surface area contributed by atoms with Gasteiger partial charge in [-0.05, 0) is 19.4 Å². The van der Waals surface area contributed by atoms with Gasteiger partial charge in [-0.1, -0.05) is 65.1 Å². The third kappa shape index (κ3) is 8.87. The van der Waals surface area contributed by atoms with Crippen LogP contribution in [0.1, 0.15) is 32.4 Å². The number of ether oxygens (including phenoxy) is 1. The molecule has 6 heteroatoms. The quantitative estimate of drug-likeness (QED) is 0.603. The van der Waals surface area contributed by atoms with Gasteiger partial charge < -0.3 is 9.53 Å². The summed E-state index contributed by atoms with van der Waals surface area (Å²) in [5.74, 6) is -0.324. The molecule has 1 aromatic rings. The van der Waals surface area contributed by atoms with Gasteiger partial charge in [0.05, 0.1) is 0 Å². The van der Waals surface area contributed by atoms with Gasteiger partial charge in [0.1, 0.15) is 5.78 Å². The Balaban J connectivity index is 0.000000711. The molecule has 1 aromatic carbocycles. The normalized spacial score (nSPS) is 11.9. The van der Waals surface area contributed by atoms with Gasteiger partial charge in [-0.25, -0.2) is 0 Å². The van der Waals surface area contributed by atoms with E-state index in [9.17, 15) is 9.59 Å². The third-order valence-electron chi connectivity index (χ3n) is 1.68. The molecule has 0 N–H and O–H groups in total. The van der Waals surface area contributed by atoms with E-state index in [2.05, 4.69) is 0 Å². The molecule has 0 amide bonds. The van der Waals surface area contributed by atoms with Crippen LogP contribution in [-0.2, 0) is 14.3 Å². The van der Waals surface area contributed by atoms with Gasteiger partial charge in [-0.15, -0.1) is 0 Å². The zero-order valence-electron chi connectivity index (χ0n) is 10.8. The number of benzene rings is 1. The fourth-order valence-corrected chi connectivity index (χ4v) is 1.63. The Labute approximate surface area is 127 Å². The molecule has 3 nitrogen and oxygen atoms in total. The number of rotatable bonds is 2. The molecule has 19 heavy (non-hydrogen) atoms. The van der Waals surface area contributed by atoms with E-state index >= 15 is 0 Å². The van der Waals surface area contributed by atoms with E-state index in [1.54, 1.807) is 24.3 Å². The lowest BCUT2D eigenvalue weighted by molar-refractivity contribution is -0.146. The van der Waals surface area contributed by atoms with Crippen molar-refractivity contribution in [1.82, 2.24) is 0 Å². The van der Waals surface area contributed by atoms with E-state index in [-0.39, 0.29) is 5.78 Å². The van der Waals surface area contributed by atoms with Gasteiger partial charge in [-0.3, -0.25) is 4.79 Å². The summed E-state index contributed by atoms with van der Waals surface area (Å²) < 4.78 is 3.29. The van der Waals surface area contributed by atoms with E-state index < -0.39 is 15.9 Å². The van der Waals surface area contributed by atoms with Crippen LogP contribution in [0.5, 0.6) is 0 Å². The Morgan fingerprint density at radius 1 is 1.05 bits per heavy atom. The molecule has 0 fully saturated rings. The summed E-state index contributed by atoms with van der Waals surface area (Å²) in [6.45, 7) is 4.33. The largest absolute Gasteiger partial charge is 0.453 e. The summed E-state index contributed by atoms with van der Waals surface area (Å²) >= 11 is 17.2. The molecule has 0 radical (unpaired) electrons. The molecule has 1 rings (SSSR count). The summed E-state index contributed by atoms with van der Waals surface area (Å²) in [7, 11) is 0. The molecule has 1 atom stereocenters. The van der Waals surface area contributed by atoms with E-state index in [0.717, 1.165) is 0 Å². The molecule has 0 bridgehead atoms. The highest BCUT2D eigenvalue weighted by atomic mass is 35.6. The molecule has 1 unspecified atom stereocenters. The number of alkyl halides is 3. The molecular weight excluding hydrogens is 310 g/mol. The number of carbonyl (C=O) groups excluding carboxylic acids is 2. The fourth-order valence-electron chi connectivity index (χ4n) is 1.12. The minimum absolute atomic E-state index is 0.167. The van der Waals surface area contributed by atoms with Crippen molar-refractivity contribution in [3.05, 3.63) is 35.9 Å². The summed E-state index contributed by atoms with van der Waals surface area (Å²) in [6.07, 6.45) is -0.888. The minimum atomic E-state index is -1.67. The van der Waals surface area contributed by atoms with E-state index in [1.807, 2.05) is 6.07 Å². The van der Waals surface area contributed by atoms with Crippen LogP contribution in [0, 0.1) is 0 Å². The molecule has 0 aromatic heterocycles. The molecule has 0 aliphatic rings. The van der Waals surface area contributed by atoms with Crippen LogP contribution < -0.4 is 0 Å². The lowest BCUT2D eigenvalue weighted by atomic mass is 10.1. The number of hydrogen-bond acceptors (Lipinski definition) is 3. The number of ketones is 1. The van der Waals surface area contributed by atoms with Crippen molar-refractivity contribution in [3.8, 4) is 0 Å². The molecule has 0 saturated carbocycles. The maximum atomic E-state index is 10.9. The average molecular weight is 326 g/mol. The number of hydrogen-bond donors (Lipinski definition) is 0. The third-order valence-corrected chi connectivity index (χ3v) is 2.28. The number of esters is 1. The van der Waals surface area contributed by atoms with Crippen molar-refractivity contribution in [3.63, 3.8) is 0 Å². The van der Waals surface area contributed by atoms with Gasteiger partial charge in [0, 0.05) is 6.92 Å². The Morgan fingerprint density at radius 3 is 1.79 bits per heavy atom. The SMILES string of the molecule is CC(=O)OC(c1ccccc1)C(Cl)(Cl)Cl.CC(C)=O. The number of halogens is 3. The maximum Gasteiger partial charge on any atom is 0.303 e. The standard InChI is InChI=1S/C10H9Cl3O2.C3H6O/c1-7(14)15-9(10(11,12)13)8-5-3-2-4-6-8;1-3(2)4/h2-6,9H,1H3;1-2H3. The summed E-state index contributed by atoms with van der Waals surface area (Å²) in [5, 5.41) is 0. The zero-order valence-corrected chi connectivity index (χ0v) is 13.1. The molecular formula is C13H15Cl3O3. The van der Waals surface area contributed by atoms with Gasteiger partial charge in [0.2, 0.25) is 3.79 Å². The second-order valence-corrected chi connectivity index (χ2v) is 6.22. The lowest BCUT2D eigenvalue weighted by Gasteiger charge is -2.24. The summed E-state index contributed by atoms with van der Waals surface area (Å²) in [5.41, 5.74) is 0.646. The predicted molar refractivity (Wildman–Crippen MR) is 77.6 cm³/mol. The minimum Gasteiger partial charge on any atom is -0.453 e. The monoisotopic (exact) mass is 324 g/mol. The van der Waals surface area contributed by atoms with Crippen LogP contribution in [0.15, 0.2) is 30.3 Å². The summed E-state index contributed by atoms with van der Waals surface area (Å²) in [6, 6.07) is 8.85. The summed E-state index contributed by atoms with van der Waals surface area (Å²) in [4.78, 5) is 20.3. The number of Topliss-reactive ketones (excluding diaryl/α,β-unsaturated/α-hetero) is 1. The first-order valence-electron chi connectivity index (χ1n) is 5.40. The fraction of sp³-hybridized carbons (Fsp3) is 0.385. The van der Waals surface area contributed by atoms with Crippen LogP contribution in [0.2, 0.25) is 0 Å². The van der Waals surface area contributed by atoms with E-state index in [1.165, 1.54) is 20.8 Å². The van der Waals surface area contributed by atoms with Gasteiger partial charge in [0.25, 0.3) is 0 Å². The van der Waals surface area contributed by atoms with Gasteiger partial charge in [0.15, 0.2) is 6.10 Å². The average Bonchev–Trinajstić information content (AvgIpc) is 2.24. The highest BCUT2D eigenvalue weighted by Gasteiger charge is 2.36. The molecule has 0 aliphatic heterocycles. The topological polar surface area (TPSA) is 43.4 Å². The van der Waals surface area contributed by atoms with Crippen molar-refractivity contribution in [1.29, 1.82) is 0 Å². The zero-order chi connectivity index (χ0) is 15.1. The van der Waals surface area contributed by atoms with Crippen molar-refractivity contribution in [2.24, 2.45) is 0 Å². The Bertz CT molecular complexity index is 409. The first-order valence-corrected chi connectivity index (χ1v) is 6.54. The van der Waals surface area contributed by atoms with Crippen LogP contribution >= 0.6 is 34.8 Å². The smallest absolute Gasteiger partial charge is 0.303 e. The van der Waals surface area contributed by atoms with Crippen LogP contribution in [-0.4, -0.2) is 15.5 Å². The van der Waals surface area contributed by atoms with Crippen molar-refractivity contribution >= 4 is 46.6 Å². The molecule has 106 valence electrons. The first kappa shape index (κ1) is 18.2. The second-order valence-electron chi connectivity index (χ2n) is 3.85. The molecule has 0 spiro atoms. The molecule has 0 saturated heterocycles. The Kier molecular flexibility index (Phi) is 8.07. The van der Waals surface area contributed by atoms with Gasteiger partial charge >= 0.3 is 5.97 Å². The molecule has 0 heterocycles. The highest BCUT2D eigenvalue weighted by Crippen LogP contribution is 2.42. The van der Waals surface area contributed by atoms with Crippen LogP contribution in [0.25, 0.3) is 0 Å². The van der Waals surface area contributed by atoms with Crippen molar-refractivity contribution < 1.29 is 14.3 Å². The van der Waals surface area contributed by atoms with Crippen molar-refractivity contribution in [2.75, 3.05) is 0 Å². The van der Waals surface area contributed by atoms with E-state index in [4.69, 9.17) is 39.5 Å². The first-order chi connectivity index (χ1) is 8.64. The highest BCUT2D eigenvalue weighted by molar-refractivity contribution is 6.68. The Hall–Kier alpha value is -0.770. The molecule has 0 aliphatic carbocycles. The van der Waals surface area contributed by atoms with Crippen LogP contribution in [0.3, 0.4) is 0 Å². The Morgan fingerprint density at radius 2 is 1.47 bits per heavy atom. The van der Waals surface area contributed by atoms with Crippen molar-refractivity contribution in [2.45, 2.75) is 30.7 Å². The van der Waals surface area contributed by atoms with E-state index in [0.29, 0.717) is 5.56 Å². The van der Waals surface area contributed by atoms with Crippen LogP contribution in [0.4, 0.5) is 0 Å². The number of carbonyl (C=O) groups is 2.